The molecule has 0 spiro atoms. The number of hydrogen-bond acceptors (Lipinski definition) is 6. The van der Waals surface area contributed by atoms with Crippen LogP contribution in [-0.4, -0.2) is 76.4 Å². The van der Waals surface area contributed by atoms with Crippen molar-refractivity contribution in [1.29, 1.82) is 5.26 Å². The van der Waals surface area contributed by atoms with E-state index in [0.717, 1.165) is 42.4 Å². The molecule has 3 unspecified atom stereocenters. The molecule has 2 N–H and O–H groups in total. The molecule has 3 aliphatic rings. The molecule has 8 nitrogen and oxygen atoms in total. The van der Waals surface area contributed by atoms with Crippen molar-refractivity contribution in [1.82, 2.24) is 14.5 Å². The van der Waals surface area contributed by atoms with E-state index >= 15 is 0 Å². The average Bonchev–Trinajstić information content (AvgIpc) is 3.41. The van der Waals surface area contributed by atoms with Crippen LogP contribution in [0.15, 0.2) is 29.7 Å². The van der Waals surface area contributed by atoms with Gasteiger partial charge in [-0.05, 0) is 19.4 Å². The lowest BCUT2D eigenvalue weighted by atomic mass is 9.84. The Labute approximate surface area is 222 Å². The SMILES string of the molecule is C=[N+]1CC2CC(N3CC(N=C(C)/C(=C\N)c4cc(OC)c5c(C#N)cnn5c4)C3)CC1C2.CC.CCC. The molecule has 5 rings (SSSR count). The van der Waals surface area contributed by atoms with Gasteiger partial charge in [-0.2, -0.15) is 10.4 Å². The van der Waals surface area contributed by atoms with E-state index in [1.165, 1.54) is 25.7 Å². The predicted octanol–water partition coefficient (Wildman–Crippen LogP) is 4.37. The van der Waals surface area contributed by atoms with Crippen LogP contribution < -0.4 is 10.5 Å². The minimum Gasteiger partial charge on any atom is -0.494 e. The van der Waals surface area contributed by atoms with E-state index in [4.69, 9.17) is 15.5 Å². The van der Waals surface area contributed by atoms with E-state index in [1.54, 1.807) is 24.0 Å². The van der Waals surface area contributed by atoms with Crippen LogP contribution >= 0.6 is 0 Å². The summed E-state index contributed by atoms with van der Waals surface area (Å²) in [7, 11) is 1.59. The highest BCUT2D eigenvalue weighted by Crippen LogP contribution is 2.37. The average molecular weight is 507 g/mol. The Kier molecular flexibility index (Phi) is 9.87. The zero-order valence-corrected chi connectivity index (χ0v) is 23.4. The summed E-state index contributed by atoms with van der Waals surface area (Å²) in [4.78, 5) is 7.57. The maximum atomic E-state index is 9.33. The summed E-state index contributed by atoms with van der Waals surface area (Å²) in [5, 5.41) is 13.6. The first-order valence-electron chi connectivity index (χ1n) is 13.7. The molecule has 2 aromatic heterocycles. The van der Waals surface area contributed by atoms with Crippen LogP contribution in [0.25, 0.3) is 11.1 Å². The van der Waals surface area contributed by atoms with Gasteiger partial charge in [-0.1, -0.05) is 34.1 Å². The Morgan fingerprint density at radius 2 is 2.03 bits per heavy atom. The van der Waals surface area contributed by atoms with Gasteiger partial charge in [0.05, 0.1) is 19.3 Å². The van der Waals surface area contributed by atoms with Gasteiger partial charge in [-0.15, -0.1) is 0 Å². The van der Waals surface area contributed by atoms with Gasteiger partial charge in [-0.25, -0.2) is 9.09 Å². The highest BCUT2D eigenvalue weighted by molar-refractivity contribution is 6.22. The summed E-state index contributed by atoms with van der Waals surface area (Å²) in [6.07, 6.45) is 10.1. The van der Waals surface area contributed by atoms with Gasteiger partial charge in [0.25, 0.3) is 0 Å². The summed E-state index contributed by atoms with van der Waals surface area (Å²) < 4.78 is 9.50. The number of nitriles is 1. The molecule has 200 valence electrons. The molecule has 2 bridgehead atoms. The van der Waals surface area contributed by atoms with Crippen LogP contribution in [-0.2, 0) is 0 Å². The van der Waals surface area contributed by atoms with Gasteiger partial charge in [0.1, 0.15) is 36.2 Å². The number of hydrogen-bond donors (Lipinski definition) is 1. The zero-order valence-electron chi connectivity index (χ0n) is 23.4. The molecule has 3 fully saturated rings. The van der Waals surface area contributed by atoms with Gasteiger partial charge in [0, 0.05) is 67.1 Å². The number of fused-ring (bicyclic) bond motifs is 3. The second kappa shape index (κ2) is 12.9. The second-order valence-corrected chi connectivity index (χ2v) is 10.0. The number of allylic oxidation sites excluding steroid dienone is 1. The summed E-state index contributed by atoms with van der Waals surface area (Å²) in [6, 6.07) is 5.67. The molecule has 1 saturated carbocycles. The Morgan fingerprint density at radius 3 is 2.62 bits per heavy atom. The van der Waals surface area contributed by atoms with E-state index in [-0.39, 0.29) is 0 Å². The van der Waals surface area contributed by atoms with Crippen LogP contribution in [0, 0.1) is 17.2 Å². The Morgan fingerprint density at radius 1 is 1.32 bits per heavy atom. The standard InChI is InChI=1S/C24H30N7O.C3H8.C2H6/c1-15(28-19-13-30(14-19)21-5-16-4-20(7-21)29(2)11-16)22(9-26)17-6-23(32-3)24-18(8-25)10-27-31(24)12-17;1-3-2;1-2/h6,9-10,12,16,19-21H,2,4-5,7,11,13-14,26H2,1,3H3;3H2,1-2H3;1-2H3/q+1;;/b22-9+,28-15?;;. The molecule has 4 heterocycles. The molecule has 0 amide bonds. The van der Waals surface area contributed by atoms with Crippen molar-refractivity contribution < 1.29 is 9.31 Å². The Balaban J connectivity index is 0.000000711. The van der Waals surface area contributed by atoms with Crippen molar-refractivity contribution >= 4 is 23.5 Å². The highest BCUT2D eigenvalue weighted by Gasteiger charge is 2.46. The zero-order chi connectivity index (χ0) is 27.1. The minimum atomic E-state index is 0.293. The molecule has 0 radical (unpaired) electrons. The molecular weight excluding hydrogens is 462 g/mol. The van der Waals surface area contributed by atoms with Crippen molar-refractivity contribution in [3.05, 3.63) is 35.8 Å². The molecule has 8 heteroatoms. The fraction of sp³-hybridized carbons (Fsp3) is 0.586. The molecule has 1 aliphatic carbocycles. The Hall–Kier alpha value is -3.18. The number of ether oxygens (including phenoxy) is 1. The number of aliphatic imine (C=N–C) groups is 1. The van der Waals surface area contributed by atoms with Crippen molar-refractivity contribution in [3.63, 3.8) is 0 Å². The van der Waals surface area contributed by atoms with Gasteiger partial charge < -0.3 is 10.5 Å². The first-order chi connectivity index (χ1) is 17.9. The lowest BCUT2D eigenvalue weighted by molar-refractivity contribution is -0.537. The molecule has 2 saturated heterocycles. The quantitative estimate of drug-likeness (QED) is 0.480. The van der Waals surface area contributed by atoms with Crippen molar-refractivity contribution in [3.8, 4) is 11.8 Å². The molecular formula is C29H44N7O+. The summed E-state index contributed by atoms with van der Waals surface area (Å²) in [6.45, 7) is 17.6. The van der Waals surface area contributed by atoms with Crippen LogP contribution in [0.4, 0.5) is 0 Å². The van der Waals surface area contributed by atoms with Gasteiger partial charge in [-0.3, -0.25) is 9.89 Å². The van der Waals surface area contributed by atoms with Crippen LogP contribution in [0.5, 0.6) is 5.75 Å². The molecule has 0 aromatic carbocycles. The van der Waals surface area contributed by atoms with Gasteiger partial charge in [0.2, 0.25) is 0 Å². The van der Waals surface area contributed by atoms with Crippen molar-refractivity contribution in [2.45, 2.75) is 78.4 Å². The smallest absolute Gasteiger partial charge is 0.154 e. The number of nitrogens with two attached hydrogens (primary N) is 1. The monoisotopic (exact) mass is 506 g/mol. The second-order valence-electron chi connectivity index (χ2n) is 10.0. The topological polar surface area (TPSA) is 95.0 Å². The third kappa shape index (κ3) is 6.04. The number of nitrogens with zero attached hydrogens (tertiary/aromatic N) is 6. The largest absolute Gasteiger partial charge is 0.494 e. The van der Waals surface area contributed by atoms with Gasteiger partial charge >= 0.3 is 0 Å². The molecule has 3 atom stereocenters. The number of aromatic nitrogens is 2. The summed E-state index contributed by atoms with van der Waals surface area (Å²) in [5.41, 5.74) is 9.76. The maximum absolute atomic E-state index is 9.33. The number of likely N-dealkylation sites (tertiary alicyclic amines) is 1. The van der Waals surface area contributed by atoms with E-state index in [2.05, 4.69) is 41.2 Å². The third-order valence-electron chi connectivity index (χ3n) is 7.33. The van der Waals surface area contributed by atoms with Crippen LogP contribution in [0.2, 0.25) is 0 Å². The number of rotatable bonds is 5. The first-order valence-corrected chi connectivity index (χ1v) is 13.7. The Bertz CT molecular complexity index is 1180. The summed E-state index contributed by atoms with van der Waals surface area (Å²) in [5.74, 6) is 1.39. The van der Waals surface area contributed by atoms with E-state index < -0.39 is 0 Å². The van der Waals surface area contributed by atoms with E-state index in [1.807, 2.05) is 33.0 Å². The predicted molar refractivity (Wildman–Crippen MR) is 152 cm³/mol. The van der Waals surface area contributed by atoms with Crippen LogP contribution in [0.3, 0.4) is 0 Å². The normalized spacial score (nSPS) is 23.9. The lowest BCUT2D eigenvalue weighted by Gasteiger charge is -2.44. The lowest BCUT2D eigenvalue weighted by Crippen LogP contribution is -2.56. The van der Waals surface area contributed by atoms with E-state index in [9.17, 15) is 5.26 Å². The summed E-state index contributed by atoms with van der Waals surface area (Å²) >= 11 is 0. The molecule has 2 aliphatic heterocycles. The number of pyridine rings is 1. The molecule has 37 heavy (non-hydrogen) atoms. The first kappa shape index (κ1) is 28.4. The molecule has 2 aromatic rings. The minimum absolute atomic E-state index is 0.293. The fourth-order valence-electron chi connectivity index (χ4n) is 5.70. The van der Waals surface area contributed by atoms with Crippen LogP contribution in [0.1, 0.15) is 71.4 Å². The fourth-order valence-corrected chi connectivity index (χ4v) is 5.70. The maximum Gasteiger partial charge on any atom is 0.154 e. The number of methoxy groups -OCH3 is 1. The third-order valence-corrected chi connectivity index (χ3v) is 7.33. The van der Waals surface area contributed by atoms with Crippen molar-refractivity contribution in [2.75, 3.05) is 26.7 Å². The van der Waals surface area contributed by atoms with Crippen molar-refractivity contribution in [2.24, 2.45) is 16.6 Å². The van der Waals surface area contributed by atoms with Gasteiger partial charge in [0.15, 0.2) is 6.04 Å². The highest BCUT2D eigenvalue weighted by atomic mass is 16.5. The van der Waals surface area contributed by atoms with E-state index in [0.29, 0.717) is 35.0 Å².